The van der Waals surface area contributed by atoms with Crippen molar-refractivity contribution in [2.75, 3.05) is 46.1 Å². The molecule has 0 saturated carbocycles. The molecule has 1 atom stereocenters. The number of hydrogen-bond donors (Lipinski definition) is 0. The number of ether oxygens (including phenoxy) is 3. The van der Waals surface area contributed by atoms with Crippen LogP contribution in [0.4, 0.5) is 0 Å². The number of nitrogens with zero attached hydrogens (tertiary/aromatic N) is 1. The average molecular weight is 373 g/mol. The third kappa shape index (κ3) is 4.36. The first-order valence-corrected chi connectivity index (χ1v) is 10.3. The van der Waals surface area contributed by atoms with E-state index in [-0.39, 0.29) is 11.5 Å². The zero-order chi connectivity index (χ0) is 18.7. The highest BCUT2D eigenvalue weighted by Gasteiger charge is 2.54. The number of hydrogen-bond acceptors (Lipinski definition) is 4. The van der Waals surface area contributed by atoms with Crippen molar-refractivity contribution in [3.63, 3.8) is 0 Å². The SMILES string of the molecule is Cc1ccc(CC(=O)N2CC3(C2)OCCC3COCC2CCOCC2)cc1. The van der Waals surface area contributed by atoms with Gasteiger partial charge in [0.2, 0.25) is 5.91 Å². The summed E-state index contributed by atoms with van der Waals surface area (Å²) in [6, 6.07) is 8.21. The average Bonchev–Trinajstić information content (AvgIpc) is 3.07. The van der Waals surface area contributed by atoms with E-state index in [2.05, 4.69) is 19.1 Å². The van der Waals surface area contributed by atoms with Gasteiger partial charge in [-0.05, 0) is 37.7 Å². The Morgan fingerprint density at radius 3 is 2.59 bits per heavy atom. The van der Waals surface area contributed by atoms with Crippen LogP contribution in [0.3, 0.4) is 0 Å². The van der Waals surface area contributed by atoms with Crippen LogP contribution in [0.1, 0.15) is 30.4 Å². The number of carbonyl (C=O) groups excluding carboxylic acids is 1. The standard InChI is InChI=1S/C22H31NO4/c1-17-2-4-18(5-3-17)12-21(24)23-15-22(16-23)20(8-11-27-22)14-26-13-19-6-9-25-10-7-19/h2-5,19-20H,6-16H2,1H3. The van der Waals surface area contributed by atoms with Crippen LogP contribution >= 0.6 is 0 Å². The third-order valence-corrected chi connectivity index (χ3v) is 6.36. The molecule has 4 rings (SSSR count). The molecule has 3 heterocycles. The molecule has 1 amide bonds. The normalized spacial score (nSPS) is 24.9. The Labute approximate surface area is 162 Å². The van der Waals surface area contributed by atoms with Crippen molar-refractivity contribution in [3.8, 4) is 0 Å². The van der Waals surface area contributed by atoms with Gasteiger partial charge in [-0.25, -0.2) is 0 Å². The summed E-state index contributed by atoms with van der Waals surface area (Å²) in [4.78, 5) is 14.5. The summed E-state index contributed by atoms with van der Waals surface area (Å²) in [5.41, 5.74) is 2.13. The van der Waals surface area contributed by atoms with E-state index in [0.29, 0.717) is 31.3 Å². The van der Waals surface area contributed by atoms with E-state index < -0.39 is 0 Å². The largest absolute Gasteiger partial charge is 0.381 e. The van der Waals surface area contributed by atoms with Crippen LogP contribution in [0, 0.1) is 18.8 Å². The molecule has 3 fully saturated rings. The molecule has 1 unspecified atom stereocenters. The Morgan fingerprint density at radius 2 is 1.85 bits per heavy atom. The van der Waals surface area contributed by atoms with Crippen molar-refractivity contribution in [3.05, 3.63) is 35.4 Å². The van der Waals surface area contributed by atoms with Crippen LogP contribution in [0.15, 0.2) is 24.3 Å². The van der Waals surface area contributed by atoms with Crippen molar-refractivity contribution in [1.29, 1.82) is 0 Å². The van der Waals surface area contributed by atoms with Gasteiger partial charge in [0, 0.05) is 32.3 Å². The first-order valence-electron chi connectivity index (χ1n) is 10.3. The smallest absolute Gasteiger partial charge is 0.227 e. The quantitative estimate of drug-likeness (QED) is 0.769. The summed E-state index contributed by atoms with van der Waals surface area (Å²) < 4.78 is 17.5. The minimum Gasteiger partial charge on any atom is -0.381 e. The zero-order valence-corrected chi connectivity index (χ0v) is 16.3. The van der Waals surface area contributed by atoms with E-state index in [1.807, 2.05) is 17.0 Å². The van der Waals surface area contributed by atoms with E-state index in [9.17, 15) is 4.79 Å². The van der Waals surface area contributed by atoms with E-state index in [0.717, 1.165) is 57.9 Å². The molecule has 0 aromatic heterocycles. The van der Waals surface area contributed by atoms with E-state index in [1.165, 1.54) is 5.56 Å². The van der Waals surface area contributed by atoms with Gasteiger partial charge in [0.25, 0.3) is 0 Å². The van der Waals surface area contributed by atoms with Crippen LogP contribution in [0.5, 0.6) is 0 Å². The van der Waals surface area contributed by atoms with Gasteiger partial charge in [-0.15, -0.1) is 0 Å². The highest BCUT2D eigenvalue weighted by molar-refractivity contribution is 5.80. The second-order valence-corrected chi connectivity index (χ2v) is 8.40. The number of carbonyl (C=O) groups is 1. The Morgan fingerprint density at radius 1 is 1.11 bits per heavy atom. The number of amides is 1. The summed E-state index contributed by atoms with van der Waals surface area (Å²) in [7, 11) is 0. The fraction of sp³-hybridized carbons (Fsp3) is 0.682. The maximum atomic E-state index is 12.6. The predicted molar refractivity (Wildman–Crippen MR) is 103 cm³/mol. The molecule has 27 heavy (non-hydrogen) atoms. The molecule has 0 bridgehead atoms. The number of benzene rings is 1. The molecule has 0 aliphatic carbocycles. The molecule has 1 spiro atoms. The van der Waals surface area contributed by atoms with Crippen molar-refractivity contribution >= 4 is 5.91 Å². The molecule has 5 nitrogen and oxygen atoms in total. The summed E-state index contributed by atoms with van der Waals surface area (Å²) >= 11 is 0. The highest BCUT2D eigenvalue weighted by Crippen LogP contribution is 2.40. The van der Waals surface area contributed by atoms with Gasteiger partial charge in [-0.3, -0.25) is 4.79 Å². The second kappa shape index (κ2) is 8.29. The van der Waals surface area contributed by atoms with Crippen molar-refractivity contribution in [2.45, 2.75) is 38.2 Å². The topological polar surface area (TPSA) is 48.0 Å². The van der Waals surface area contributed by atoms with E-state index >= 15 is 0 Å². The molecule has 0 radical (unpaired) electrons. The molecule has 5 heteroatoms. The molecule has 3 aliphatic rings. The lowest BCUT2D eigenvalue weighted by Gasteiger charge is -2.50. The molecule has 1 aromatic rings. The van der Waals surface area contributed by atoms with E-state index in [4.69, 9.17) is 14.2 Å². The van der Waals surface area contributed by atoms with Crippen LogP contribution < -0.4 is 0 Å². The van der Waals surface area contributed by atoms with Crippen molar-refractivity contribution in [1.82, 2.24) is 4.90 Å². The highest BCUT2D eigenvalue weighted by atomic mass is 16.5. The van der Waals surface area contributed by atoms with Gasteiger partial charge in [-0.1, -0.05) is 29.8 Å². The summed E-state index contributed by atoms with van der Waals surface area (Å²) in [5, 5.41) is 0. The van der Waals surface area contributed by atoms with Crippen molar-refractivity contribution in [2.24, 2.45) is 11.8 Å². The summed E-state index contributed by atoms with van der Waals surface area (Å²) in [6.07, 6.45) is 3.72. The van der Waals surface area contributed by atoms with Crippen molar-refractivity contribution < 1.29 is 19.0 Å². The molecule has 3 aliphatic heterocycles. The second-order valence-electron chi connectivity index (χ2n) is 8.40. The molecule has 1 aromatic carbocycles. The Bertz CT molecular complexity index is 632. The summed E-state index contributed by atoms with van der Waals surface area (Å²) in [5.74, 6) is 1.23. The van der Waals surface area contributed by atoms with Crippen LogP contribution in [-0.2, 0) is 25.4 Å². The predicted octanol–water partition coefficient (Wildman–Crippen LogP) is 2.60. The Balaban J connectivity index is 1.23. The van der Waals surface area contributed by atoms with E-state index in [1.54, 1.807) is 0 Å². The molecular formula is C22H31NO4. The van der Waals surface area contributed by atoms with Crippen LogP contribution in [-0.4, -0.2) is 62.5 Å². The lowest BCUT2D eigenvalue weighted by molar-refractivity contribution is -0.168. The number of aryl methyl sites for hydroxylation is 1. The zero-order valence-electron chi connectivity index (χ0n) is 16.3. The maximum absolute atomic E-state index is 12.6. The Kier molecular flexibility index (Phi) is 5.81. The van der Waals surface area contributed by atoms with Crippen LogP contribution in [0.25, 0.3) is 0 Å². The lowest BCUT2D eigenvalue weighted by Crippen LogP contribution is -2.66. The fourth-order valence-electron chi connectivity index (χ4n) is 4.43. The van der Waals surface area contributed by atoms with Gasteiger partial charge in [0.15, 0.2) is 0 Å². The summed E-state index contributed by atoms with van der Waals surface area (Å²) in [6.45, 7) is 7.57. The first kappa shape index (κ1) is 18.9. The van der Waals surface area contributed by atoms with Gasteiger partial charge in [-0.2, -0.15) is 0 Å². The number of likely N-dealkylation sites (tertiary alicyclic amines) is 1. The number of rotatable bonds is 6. The molecule has 0 N–H and O–H groups in total. The van der Waals surface area contributed by atoms with Gasteiger partial charge < -0.3 is 19.1 Å². The minimum atomic E-state index is -0.168. The third-order valence-electron chi connectivity index (χ3n) is 6.36. The maximum Gasteiger partial charge on any atom is 0.227 e. The molecular weight excluding hydrogens is 342 g/mol. The van der Waals surface area contributed by atoms with Gasteiger partial charge in [0.05, 0.1) is 26.1 Å². The monoisotopic (exact) mass is 373 g/mol. The lowest BCUT2D eigenvalue weighted by atomic mass is 9.81. The molecule has 3 saturated heterocycles. The minimum absolute atomic E-state index is 0.168. The van der Waals surface area contributed by atoms with Crippen LogP contribution in [0.2, 0.25) is 0 Å². The Hall–Kier alpha value is -1.43. The van der Waals surface area contributed by atoms with Gasteiger partial charge in [0.1, 0.15) is 5.60 Å². The fourth-order valence-corrected chi connectivity index (χ4v) is 4.43. The molecule has 148 valence electrons. The van der Waals surface area contributed by atoms with Gasteiger partial charge >= 0.3 is 0 Å². The first-order chi connectivity index (χ1) is 13.1.